The molecule has 4 saturated carbocycles. The lowest BCUT2D eigenvalue weighted by molar-refractivity contribution is -0.145. The van der Waals surface area contributed by atoms with Crippen LogP contribution in [0.3, 0.4) is 0 Å². The summed E-state index contributed by atoms with van der Waals surface area (Å²) < 4.78 is 109. The fourth-order valence-electron chi connectivity index (χ4n) is 17.3. The van der Waals surface area contributed by atoms with Crippen molar-refractivity contribution in [2.75, 3.05) is 91.1 Å². The van der Waals surface area contributed by atoms with Crippen molar-refractivity contribution in [2.24, 2.45) is 45.1 Å². The molecule has 0 radical (unpaired) electrons. The van der Waals surface area contributed by atoms with Crippen LogP contribution < -0.4 is 27.0 Å². The third-order valence-electron chi connectivity index (χ3n) is 21.0. The van der Waals surface area contributed by atoms with Gasteiger partial charge in [0.05, 0.1) is 79.9 Å². The number of fused-ring (bicyclic) bond motifs is 6. The molecule has 4 amide bonds. The van der Waals surface area contributed by atoms with E-state index in [4.69, 9.17) is 71.1 Å². The number of nitrogens with two attached hydrogens (primary N) is 1. The van der Waals surface area contributed by atoms with Gasteiger partial charge in [0.1, 0.15) is 29.6 Å². The number of carbonyl (C=O) groups is 6. The van der Waals surface area contributed by atoms with E-state index in [2.05, 4.69) is 21.3 Å². The van der Waals surface area contributed by atoms with Crippen LogP contribution in [0.5, 0.6) is 0 Å². The fraction of sp³-hybridized carbons (Fsp3) is 0.552. The molecule has 4 aromatic carbocycles. The van der Waals surface area contributed by atoms with Crippen LogP contribution in [-0.4, -0.2) is 139 Å². The van der Waals surface area contributed by atoms with Crippen LogP contribution >= 0.6 is 46.4 Å². The van der Waals surface area contributed by atoms with Crippen LogP contribution in [0.25, 0.3) is 0 Å². The Balaban J connectivity index is 0.000000174. The standard InChI is InChI=1S/C34H37Cl2F3N2O5.C24H20Cl2F3NO3.C9H18N2O3/c1-45-10-9-40-30(43)27-8-5-19(14-46-27)11-26(42)22-13-33(15-32(16-33,17-37)18-38)34(28(22)21-3-2-4-24(36)29(21)39)23-7-6-20(35)12-25(23)41-31(34)44;25-12-4-5-15-17(6-12)30-21(33)24(15)18(13-2-1-3-16(26)19(13)29)14(20(31)32)7-23(24)8-22(9-23,10-27)11-28;1-13-5-4-11-9(12)8-3-2-7(10)6-14-8/h2-4,6-7,12,19,22,27-28H,5,8-11,13-18H2,1H3,(H,40,43)(H,41,44);1-6,14,18H,7-11H2,(H,30,33)(H,31,32);7-8H,2-6,10H2,1H3,(H,11,12)/t19-,22-,27-,28-,34+;14-,18+,24-;7-,8+/m011/s1. The van der Waals surface area contributed by atoms with Gasteiger partial charge in [0.25, 0.3) is 0 Å². The second-order valence-corrected chi connectivity index (χ2v) is 28.3. The molecule has 2 saturated heterocycles. The van der Waals surface area contributed by atoms with E-state index in [0.29, 0.717) is 84.7 Å². The third kappa shape index (κ3) is 12.5. The number of methoxy groups -OCH3 is 2. The number of hydrogen-bond donors (Lipinski definition) is 6. The highest BCUT2D eigenvalue weighted by Gasteiger charge is 2.79. The third-order valence-corrected chi connectivity index (χ3v) is 22.0. The van der Waals surface area contributed by atoms with E-state index >= 15 is 8.78 Å². The van der Waals surface area contributed by atoms with Crippen LogP contribution in [0.4, 0.5) is 37.7 Å². The molecule has 8 aliphatic rings. The number of ketones is 1. The number of aliphatic carboxylic acids is 1. The van der Waals surface area contributed by atoms with Gasteiger partial charge in [-0.15, -0.1) is 0 Å². The molecule has 0 unspecified atom stereocenters. The number of nitrogens with one attached hydrogen (secondary N) is 4. The molecular formula is C67H75Cl4F6N5O11. The minimum absolute atomic E-state index is 0.00252. The quantitative estimate of drug-likeness (QED) is 0.0403. The highest BCUT2D eigenvalue weighted by Crippen LogP contribution is 2.79. The van der Waals surface area contributed by atoms with Crippen LogP contribution in [-0.2, 0) is 58.5 Å². The van der Waals surface area contributed by atoms with E-state index in [9.17, 15) is 51.4 Å². The molecule has 4 aromatic rings. The summed E-state index contributed by atoms with van der Waals surface area (Å²) in [5, 5.41) is 21.8. The molecular weight excluding hydrogens is 1310 g/mol. The van der Waals surface area contributed by atoms with Crippen molar-refractivity contribution in [3.05, 3.63) is 127 Å². The van der Waals surface area contributed by atoms with Crippen molar-refractivity contribution >= 4 is 93.2 Å². The first-order chi connectivity index (χ1) is 44.4. The van der Waals surface area contributed by atoms with E-state index in [-0.39, 0.29) is 108 Å². The zero-order chi connectivity index (χ0) is 67.0. The van der Waals surface area contributed by atoms with Crippen molar-refractivity contribution in [3.63, 3.8) is 0 Å². The summed E-state index contributed by atoms with van der Waals surface area (Å²) >= 11 is 24.8. The maximum absolute atomic E-state index is 16.1. The second kappa shape index (κ2) is 28.3. The van der Waals surface area contributed by atoms with Gasteiger partial charge in [0, 0.05) is 89.8 Å². The Bertz CT molecular complexity index is 3480. The van der Waals surface area contributed by atoms with Crippen molar-refractivity contribution in [2.45, 2.75) is 112 Å². The average molecular weight is 1380 g/mol. The van der Waals surface area contributed by atoms with E-state index < -0.39 is 118 Å². The summed E-state index contributed by atoms with van der Waals surface area (Å²) in [4.78, 5) is 79.0. The number of halogens is 10. The number of amides is 4. The monoisotopic (exact) mass is 1380 g/mol. The summed E-state index contributed by atoms with van der Waals surface area (Å²) in [6.45, 7) is -1.23. The number of benzene rings is 4. The molecule has 10 atom stereocenters. The number of carboxylic acid groups (broad SMARTS) is 1. The number of Topliss-reactive ketones (excluding diaryl/α,β-unsaturated/α-hetero) is 1. The molecule has 93 heavy (non-hydrogen) atoms. The molecule has 4 aliphatic carbocycles. The van der Waals surface area contributed by atoms with E-state index in [1.807, 2.05) is 0 Å². The van der Waals surface area contributed by atoms with E-state index in [0.717, 1.165) is 6.42 Å². The minimum atomic E-state index is -1.55. The van der Waals surface area contributed by atoms with Gasteiger partial charge in [-0.1, -0.05) is 82.8 Å². The summed E-state index contributed by atoms with van der Waals surface area (Å²) in [5.41, 5.74) is -0.115. The molecule has 7 N–H and O–H groups in total. The van der Waals surface area contributed by atoms with Gasteiger partial charge in [-0.05, 0) is 140 Å². The lowest BCUT2D eigenvalue weighted by atomic mass is 9.43. The number of carboxylic acids is 1. The second-order valence-electron chi connectivity index (χ2n) is 26.6. The maximum Gasteiger partial charge on any atom is 0.307 e. The lowest BCUT2D eigenvalue weighted by Gasteiger charge is -2.59. The molecule has 4 heterocycles. The maximum atomic E-state index is 16.1. The SMILES string of the molecule is COCCNC(=O)[C@@H]1CC[C@@H](CC(=O)[C@@H]2CC3(CC(CF)(CF)C3)[C@@]3(C(=O)Nc4cc(Cl)ccc43)[C@H]2c2cccc(Cl)c2F)CO1.COCCNC(=O)[C@@H]1CC[C@@H](N)CO1.O=C(O)[C@@H]1CC2(CC(CF)(CF)C2)[C@@]2(C(=O)Nc3cc(Cl)ccc32)[C@H]1c1cccc(Cl)c1F. The zero-order valence-electron chi connectivity index (χ0n) is 51.3. The topological polar surface area (TPSA) is 234 Å². The first-order valence-corrected chi connectivity index (χ1v) is 32.6. The molecule has 0 aromatic heterocycles. The normalized spacial score (nSPS) is 28.6. The predicted octanol–water partition coefficient (Wildman–Crippen LogP) is 11.5. The number of anilines is 2. The Labute approximate surface area is 554 Å². The first-order valence-electron chi connectivity index (χ1n) is 31.1. The van der Waals surface area contributed by atoms with Gasteiger partial charge in [0.15, 0.2) is 0 Å². The highest BCUT2D eigenvalue weighted by molar-refractivity contribution is 6.32. The summed E-state index contributed by atoms with van der Waals surface area (Å²) in [6.07, 6.45) is 1.80. The van der Waals surface area contributed by atoms with Crippen molar-refractivity contribution in [1.82, 2.24) is 10.6 Å². The minimum Gasteiger partial charge on any atom is -0.481 e. The molecule has 4 aliphatic heterocycles. The zero-order valence-corrected chi connectivity index (χ0v) is 54.3. The molecule has 0 bridgehead atoms. The molecule has 12 rings (SSSR count). The van der Waals surface area contributed by atoms with E-state index in [1.54, 1.807) is 62.8 Å². The Kier molecular flexibility index (Phi) is 21.3. The number of alkyl halides is 4. The highest BCUT2D eigenvalue weighted by atomic mass is 35.5. The van der Waals surface area contributed by atoms with Gasteiger partial charge in [-0.25, -0.2) is 8.78 Å². The van der Waals surface area contributed by atoms with Gasteiger partial charge in [0.2, 0.25) is 23.6 Å². The largest absolute Gasteiger partial charge is 0.481 e. The molecule has 504 valence electrons. The van der Waals surface area contributed by atoms with Gasteiger partial charge < -0.3 is 51.1 Å². The predicted molar refractivity (Wildman–Crippen MR) is 337 cm³/mol. The van der Waals surface area contributed by atoms with E-state index in [1.165, 1.54) is 24.3 Å². The summed E-state index contributed by atoms with van der Waals surface area (Å²) in [5.74, 6) is -8.54. The fourth-order valence-corrected chi connectivity index (χ4v) is 18.0. The van der Waals surface area contributed by atoms with Crippen LogP contribution in [0.1, 0.15) is 105 Å². The molecule has 6 fully saturated rings. The number of rotatable bonds is 18. The van der Waals surface area contributed by atoms with Crippen LogP contribution in [0.15, 0.2) is 72.8 Å². The van der Waals surface area contributed by atoms with Crippen molar-refractivity contribution < 1.29 is 79.2 Å². The Hall–Kier alpha value is -5.56. The van der Waals surface area contributed by atoms with Gasteiger partial charge in [-0.2, -0.15) is 0 Å². The van der Waals surface area contributed by atoms with Gasteiger partial charge >= 0.3 is 5.97 Å². The first kappa shape index (κ1) is 70.2. The smallest absolute Gasteiger partial charge is 0.307 e. The molecule has 26 heteroatoms. The molecule has 4 spiro atoms. The number of ether oxygens (including phenoxy) is 4. The Morgan fingerprint density at radius 1 is 0.624 bits per heavy atom. The Morgan fingerprint density at radius 2 is 1.05 bits per heavy atom. The Morgan fingerprint density at radius 3 is 1.45 bits per heavy atom. The summed E-state index contributed by atoms with van der Waals surface area (Å²) in [7, 11) is 3.14. The van der Waals surface area contributed by atoms with Crippen LogP contribution in [0.2, 0.25) is 20.1 Å². The lowest BCUT2D eigenvalue weighted by Crippen LogP contribution is -2.61. The van der Waals surface area contributed by atoms with Crippen molar-refractivity contribution in [1.29, 1.82) is 0 Å². The average Bonchev–Trinajstić information content (AvgIpc) is 1.51. The van der Waals surface area contributed by atoms with Crippen molar-refractivity contribution in [3.8, 4) is 0 Å². The van der Waals surface area contributed by atoms with Gasteiger partial charge in [-0.3, -0.25) is 46.3 Å². The number of hydrogen-bond acceptors (Lipinski definition) is 11. The molecule has 16 nitrogen and oxygen atoms in total. The number of carbonyl (C=O) groups excluding carboxylic acids is 5. The van der Waals surface area contributed by atoms with Crippen LogP contribution in [0, 0.1) is 51.0 Å². The summed E-state index contributed by atoms with van der Waals surface area (Å²) in [6, 6.07) is 18.6.